The lowest BCUT2D eigenvalue weighted by Gasteiger charge is -2.13. The van der Waals surface area contributed by atoms with Crippen molar-refractivity contribution in [1.29, 1.82) is 0 Å². The Morgan fingerprint density at radius 3 is 3.21 bits per heavy atom. The van der Waals surface area contributed by atoms with E-state index in [4.69, 9.17) is 4.74 Å². The van der Waals surface area contributed by atoms with Crippen molar-refractivity contribution in [2.45, 2.75) is 19.5 Å². The number of aryl methyl sites for hydroxylation is 1. The van der Waals surface area contributed by atoms with Crippen molar-refractivity contribution in [1.82, 2.24) is 20.0 Å². The Balaban J connectivity index is 1.80. The van der Waals surface area contributed by atoms with Crippen molar-refractivity contribution in [3.63, 3.8) is 0 Å². The van der Waals surface area contributed by atoms with Gasteiger partial charge < -0.3 is 15.0 Å². The minimum absolute atomic E-state index is 0.103. The Bertz CT molecular complexity index is 442. The SMILES string of the molecule is CN(C)C/C=C/C(=O)NCc1cc2n(n1)CCCO2. The molecule has 1 amide bonds. The van der Waals surface area contributed by atoms with Gasteiger partial charge in [0.1, 0.15) is 0 Å². The van der Waals surface area contributed by atoms with Gasteiger partial charge in [0.05, 0.1) is 18.8 Å². The fourth-order valence-corrected chi connectivity index (χ4v) is 1.81. The Hall–Kier alpha value is -1.82. The van der Waals surface area contributed by atoms with E-state index in [0.717, 1.165) is 37.7 Å². The largest absolute Gasteiger partial charge is 0.478 e. The maximum atomic E-state index is 11.6. The zero-order valence-electron chi connectivity index (χ0n) is 11.4. The number of nitrogens with zero attached hydrogens (tertiary/aromatic N) is 3. The van der Waals surface area contributed by atoms with Gasteiger partial charge >= 0.3 is 0 Å². The second-order valence-electron chi connectivity index (χ2n) is 4.78. The quantitative estimate of drug-likeness (QED) is 0.782. The lowest BCUT2D eigenvalue weighted by molar-refractivity contribution is -0.116. The standard InChI is InChI=1S/C13H20N4O2/c1-16(2)6-3-5-12(18)14-10-11-9-13-17(15-11)7-4-8-19-13/h3,5,9H,4,6-8,10H2,1-2H3,(H,14,18)/b5-3+. The molecule has 2 heterocycles. The van der Waals surface area contributed by atoms with Crippen LogP contribution in [0.5, 0.6) is 5.88 Å². The molecule has 104 valence electrons. The minimum atomic E-state index is -0.103. The molecule has 0 radical (unpaired) electrons. The zero-order valence-corrected chi connectivity index (χ0v) is 11.4. The van der Waals surface area contributed by atoms with Crippen LogP contribution < -0.4 is 10.1 Å². The summed E-state index contributed by atoms with van der Waals surface area (Å²) in [6.45, 7) is 2.80. The molecule has 0 aromatic carbocycles. The van der Waals surface area contributed by atoms with Gasteiger partial charge in [-0.15, -0.1) is 0 Å². The maximum Gasteiger partial charge on any atom is 0.244 e. The number of amides is 1. The molecule has 6 nitrogen and oxygen atoms in total. The van der Waals surface area contributed by atoms with Gasteiger partial charge in [0, 0.05) is 31.7 Å². The third kappa shape index (κ3) is 4.10. The number of aromatic nitrogens is 2. The highest BCUT2D eigenvalue weighted by Crippen LogP contribution is 2.17. The number of carbonyl (C=O) groups is 1. The van der Waals surface area contributed by atoms with Gasteiger partial charge in [-0.1, -0.05) is 6.08 Å². The van der Waals surface area contributed by atoms with Crippen LogP contribution >= 0.6 is 0 Å². The molecule has 0 spiro atoms. The molecule has 1 aliphatic rings. The molecule has 0 atom stereocenters. The fraction of sp³-hybridized carbons (Fsp3) is 0.538. The monoisotopic (exact) mass is 264 g/mol. The third-order valence-corrected chi connectivity index (χ3v) is 2.74. The molecular weight excluding hydrogens is 244 g/mol. The Morgan fingerprint density at radius 2 is 2.47 bits per heavy atom. The number of likely N-dealkylation sites (N-methyl/N-ethyl adjacent to an activating group) is 1. The average Bonchev–Trinajstić information content (AvgIpc) is 2.78. The van der Waals surface area contributed by atoms with Crippen LogP contribution in [0.25, 0.3) is 0 Å². The van der Waals surface area contributed by atoms with Crippen LogP contribution in [-0.2, 0) is 17.9 Å². The second kappa shape index (κ2) is 6.38. The highest BCUT2D eigenvalue weighted by molar-refractivity contribution is 5.87. The maximum absolute atomic E-state index is 11.6. The zero-order chi connectivity index (χ0) is 13.7. The van der Waals surface area contributed by atoms with E-state index in [9.17, 15) is 4.79 Å². The van der Waals surface area contributed by atoms with Crippen LogP contribution in [0.15, 0.2) is 18.2 Å². The van der Waals surface area contributed by atoms with E-state index >= 15 is 0 Å². The average molecular weight is 264 g/mol. The van der Waals surface area contributed by atoms with Gasteiger partial charge in [0.15, 0.2) is 0 Å². The number of carbonyl (C=O) groups excluding carboxylic acids is 1. The molecule has 19 heavy (non-hydrogen) atoms. The molecule has 0 aliphatic carbocycles. The fourth-order valence-electron chi connectivity index (χ4n) is 1.81. The van der Waals surface area contributed by atoms with E-state index < -0.39 is 0 Å². The number of nitrogens with one attached hydrogen (secondary N) is 1. The first-order chi connectivity index (χ1) is 9.15. The summed E-state index contributed by atoms with van der Waals surface area (Å²) >= 11 is 0. The van der Waals surface area contributed by atoms with Crippen LogP contribution in [-0.4, -0.2) is 47.8 Å². The van der Waals surface area contributed by atoms with Crippen LogP contribution in [0.4, 0.5) is 0 Å². The Kier molecular flexibility index (Phi) is 4.57. The predicted molar refractivity (Wildman–Crippen MR) is 71.9 cm³/mol. The van der Waals surface area contributed by atoms with Gasteiger partial charge in [-0.2, -0.15) is 5.10 Å². The summed E-state index contributed by atoms with van der Waals surface area (Å²) in [5, 5.41) is 7.18. The predicted octanol–water partition coefficient (Wildman–Crippen LogP) is 0.400. The van der Waals surface area contributed by atoms with E-state index in [-0.39, 0.29) is 5.91 Å². The summed E-state index contributed by atoms with van der Waals surface area (Å²) < 4.78 is 7.31. The van der Waals surface area contributed by atoms with Crippen molar-refractivity contribution >= 4 is 5.91 Å². The highest BCUT2D eigenvalue weighted by atomic mass is 16.5. The van der Waals surface area contributed by atoms with Gasteiger partial charge in [-0.05, 0) is 14.1 Å². The van der Waals surface area contributed by atoms with Gasteiger partial charge in [0.25, 0.3) is 0 Å². The highest BCUT2D eigenvalue weighted by Gasteiger charge is 2.13. The van der Waals surface area contributed by atoms with Crippen LogP contribution in [0.1, 0.15) is 12.1 Å². The van der Waals surface area contributed by atoms with E-state index in [2.05, 4.69) is 10.4 Å². The summed E-state index contributed by atoms with van der Waals surface area (Å²) in [4.78, 5) is 13.5. The molecule has 1 N–H and O–H groups in total. The van der Waals surface area contributed by atoms with Gasteiger partial charge in [0.2, 0.25) is 11.8 Å². The number of hydrogen-bond donors (Lipinski definition) is 1. The van der Waals surface area contributed by atoms with Crippen LogP contribution in [0.3, 0.4) is 0 Å². The molecule has 1 aromatic heterocycles. The van der Waals surface area contributed by atoms with Crippen molar-refractivity contribution < 1.29 is 9.53 Å². The molecule has 6 heteroatoms. The lowest BCUT2D eigenvalue weighted by Crippen LogP contribution is -2.21. The van der Waals surface area contributed by atoms with Crippen LogP contribution in [0, 0.1) is 0 Å². The smallest absolute Gasteiger partial charge is 0.244 e. The molecule has 0 unspecified atom stereocenters. The van der Waals surface area contributed by atoms with Crippen molar-refractivity contribution in [3.05, 3.63) is 23.9 Å². The first-order valence-electron chi connectivity index (χ1n) is 6.44. The Morgan fingerprint density at radius 1 is 1.63 bits per heavy atom. The summed E-state index contributed by atoms with van der Waals surface area (Å²) in [7, 11) is 3.91. The number of hydrogen-bond acceptors (Lipinski definition) is 4. The van der Waals surface area contributed by atoms with E-state index in [1.165, 1.54) is 0 Å². The first-order valence-corrected chi connectivity index (χ1v) is 6.44. The molecule has 0 bridgehead atoms. The summed E-state index contributed by atoms with van der Waals surface area (Å²) in [6.07, 6.45) is 4.36. The van der Waals surface area contributed by atoms with Gasteiger partial charge in [-0.25, -0.2) is 4.68 Å². The molecule has 1 aliphatic heterocycles. The van der Waals surface area contributed by atoms with E-state index in [1.807, 2.05) is 35.8 Å². The molecular formula is C13H20N4O2. The van der Waals surface area contributed by atoms with E-state index in [0.29, 0.717) is 6.54 Å². The van der Waals surface area contributed by atoms with Crippen molar-refractivity contribution in [2.24, 2.45) is 0 Å². The number of ether oxygens (including phenoxy) is 1. The summed E-state index contributed by atoms with van der Waals surface area (Å²) in [6, 6.07) is 1.88. The second-order valence-corrected chi connectivity index (χ2v) is 4.78. The summed E-state index contributed by atoms with van der Waals surface area (Å²) in [5.74, 6) is 0.687. The third-order valence-electron chi connectivity index (χ3n) is 2.74. The van der Waals surface area contributed by atoms with Crippen molar-refractivity contribution in [3.8, 4) is 5.88 Å². The molecule has 0 fully saturated rings. The van der Waals surface area contributed by atoms with Crippen LogP contribution in [0.2, 0.25) is 0 Å². The summed E-state index contributed by atoms with van der Waals surface area (Å²) in [5.41, 5.74) is 0.825. The normalized spacial score (nSPS) is 14.5. The van der Waals surface area contributed by atoms with E-state index in [1.54, 1.807) is 6.08 Å². The van der Waals surface area contributed by atoms with Crippen molar-refractivity contribution in [2.75, 3.05) is 27.2 Å². The minimum Gasteiger partial charge on any atom is -0.478 e. The number of rotatable bonds is 5. The molecule has 1 aromatic rings. The topological polar surface area (TPSA) is 59.4 Å². The molecule has 0 saturated carbocycles. The first kappa shape index (κ1) is 13.6. The Labute approximate surface area is 113 Å². The lowest BCUT2D eigenvalue weighted by atomic mass is 10.4. The van der Waals surface area contributed by atoms with Gasteiger partial charge in [-0.3, -0.25) is 4.79 Å². The number of fused-ring (bicyclic) bond motifs is 1. The molecule has 0 saturated heterocycles. The molecule has 2 rings (SSSR count).